The molecular weight excluding hydrogens is 192 g/mol. The van der Waals surface area contributed by atoms with Crippen LogP contribution in [-0.2, 0) is 9.53 Å². The van der Waals surface area contributed by atoms with Gasteiger partial charge in [0.2, 0.25) is 0 Å². The topological polar surface area (TPSA) is 41.6 Å². The first-order valence-electron chi connectivity index (χ1n) is 5.79. The zero-order valence-electron chi connectivity index (χ0n) is 9.58. The van der Waals surface area contributed by atoms with Crippen molar-refractivity contribution < 1.29 is 9.53 Å². The van der Waals surface area contributed by atoms with Crippen LogP contribution in [0.4, 0.5) is 0 Å². The Bertz CT molecular complexity index is 249. The smallest absolute Gasteiger partial charge is 0.254 e. The monoisotopic (exact) mass is 212 g/mol. The van der Waals surface area contributed by atoms with Crippen molar-refractivity contribution in [1.29, 1.82) is 0 Å². The van der Waals surface area contributed by atoms with E-state index in [4.69, 9.17) is 4.74 Å². The fourth-order valence-electron chi connectivity index (χ4n) is 2.39. The summed E-state index contributed by atoms with van der Waals surface area (Å²) in [6.45, 7) is 7.33. The van der Waals surface area contributed by atoms with Gasteiger partial charge in [-0.1, -0.05) is 0 Å². The highest BCUT2D eigenvalue weighted by Gasteiger charge is 2.42. The summed E-state index contributed by atoms with van der Waals surface area (Å²) < 4.78 is 5.59. The van der Waals surface area contributed by atoms with E-state index in [-0.39, 0.29) is 11.9 Å². The second-order valence-corrected chi connectivity index (χ2v) is 4.73. The van der Waals surface area contributed by atoms with E-state index in [0.717, 1.165) is 39.1 Å². The van der Waals surface area contributed by atoms with Crippen LogP contribution in [0.25, 0.3) is 0 Å². The van der Waals surface area contributed by atoms with Gasteiger partial charge in [-0.15, -0.1) is 0 Å². The second-order valence-electron chi connectivity index (χ2n) is 4.73. The summed E-state index contributed by atoms with van der Waals surface area (Å²) in [7, 11) is 0. The van der Waals surface area contributed by atoms with E-state index in [1.165, 1.54) is 0 Å². The number of nitrogens with one attached hydrogen (secondary N) is 1. The van der Waals surface area contributed by atoms with Crippen molar-refractivity contribution in [2.45, 2.75) is 38.3 Å². The van der Waals surface area contributed by atoms with Crippen molar-refractivity contribution in [2.24, 2.45) is 0 Å². The number of hydrogen-bond donors (Lipinski definition) is 1. The molecule has 2 rings (SSSR count). The molecule has 1 amide bonds. The molecule has 2 fully saturated rings. The van der Waals surface area contributed by atoms with Gasteiger partial charge in [-0.2, -0.15) is 0 Å². The molecule has 1 unspecified atom stereocenters. The maximum absolute atomic E-state index is 12.3. The lowest BCUT2D eigenvalue weighted by Gasteiger charge is -2.38. The Morgan fingerprint density at radius 2 is 2.40 bits per heavy atom. The summed E-state index contributed by atoms with van der Waals surface area (Å²) in [6, 6.07) is 0.285. The van der Waals surface area contributed by atoms with Gasteiger partial charge >= 0.3 is 0 Å². The molecule has 0 spiro atoms. The molecule has 2 aliphatic rings. The van der Waals surface area contributed by atoms with Crippen molar-refractivity contribution in [3.8, 4) is 0 Å². The largest absolute Gasteiger partial charge is 0.365 e. The average molecular weight is 212 g/mol. The van der Waals surface area contributed by atoms with Crippen LogP contribution in [0, 0.1) is 0 Å². The number of hydrogen-bond acceptors (Lipinski definition) is 3. The molecule has 4 nitrogen and oxygen atoms in total. The Hall–Kier alpha value is -0.610. The molecule has 2 saturated heterocycles. The van der Waals surface area contributed by atoms with E-state index in [2.05, 4.69) is 12.2 Å². The van der Waals surface area contributed by atoms with Crippen LogP contribution in [0.2, 0.25) is 0 Å². The highest BCUT2D eigenvalue weighted by Crippen LogP contribution is 2.28. The SMILES string of the molecule is C[C@H]1CNCCN1C(=O)C1(C)CCCO1. The van der Waals surface area contributed by atoms with Crippen LogP contribution in [0.5, 0.6) is 0 Å². The first-order valence-corrected chi connectivity index (χ1v) is 5.79. The predicted molar refractivity (Wildman–Crippen MR) is 57.6 cm³/mol. The number of piperazine rings is 1. The Balaban J connectivity index is 2.05. The lowest BCUT2D eigenvalue weighted by atomic mass is 9.99. The molecule has 0 radical (unpaired) electrons. The van der Waals surface area contributed by atoms with Crippen LogP contribution in [0.1, 0.15) is 26.7 Å². The van der Waals surface area contributed by atoms with Gasteiger partial charge in [0.25, 0.3) is 5.91 Å². The van der Waals surface area contributed by atoms with Crippen molar-refractivity contribution >= 4 is 5.91 Å². The minimum absolute atomic E-state index is 0.175. The molecular formula is C11H20N2O2. The van der Waals surface area contributed by atoms with Crippen molar-refractivity contribution in [3.63, 3.8) is 0 Å². The summed E-state index contributed by atoms with van der Waals surface area (Å²) in [5, 5.41) is 3.29. The molecule has 86 valence electrons. The number of rotatable bonds is 1. The van der Waals surface area contributed by atoms with Crippen molar-refractivity contribution in [2.75, 3.05) is 26.2 Å². The Kier molecular flexibility index (Phi) is 2.98. The Morgan fingerprint density at radius 1 is 1.60 bits per heavy atom. The summed E-state index contributed by atoms with van der Waals surface area (Å²) in [6.07, 6.45) is 1.87. The van der Waals surface area contributed by atoms with Crippen LogP contribution < -0.4 is 5.32 Å². The average Bonchev–Trinajstić information content (AvgIpc) is 2.66. The molecule has 2 atom stereocenters. The Morgan fingerprint density at radius 3 is 3.00 bits per heavy atom. The number of nitrogens with zero attached hydrogens (tertiary/aromatic N) is 1. The van der Waals surface area contributed by atoms with Crippen LogP contribution in [0.3, 0.4) is 0 Å². The molecule has 0 saturated carbocycles. The van der Waals surface area contributed by atoms with E-state index in [1.807, 2.05) is 11.8 Å². The van der Waals surface area contributed by atoms with Gasteiger partial charge in [-0.05, 0) is 26.7 Å². The normalized spacial score (nSPS) is 36.9. The van der Waals surface area contributed by atoms with Crippen molar-refractivity contribution in [3.05, 3.63) is 0 Å². The number of carbonyl (C=O) groups is 1. The van der Waals surface area contributed by atoms with Gasteiger partial charge in [0.05, 0.1) is 0 Å². The van der Waals surface area contributed by atoms with E-state index in [9.17, 15) is 4.79 Å². The quantitative estimate of drug-likeness (QED) is 0.683. The van der Waals surface area contributed by atoms with Gasteiger partial charge in [0.15, 0.2) is 0 Å². The van der Waals surface area contributed by atoms with Gasteiger partial charge < -0.3 is 15.0 Å². The molecule has 0 aromatic rings. The summed E-state index contributed by atoms with van der Waals surface area (Å²) in [5.74, 6) is 0.175. The van der Waals surface area contributed by atoms with Crippen molar-refractivity contribution in [1.82, 2.24) is 10.2 Å². The Labute approximate surface area is 91.0 Å². The minimum Gasteiger partial charge on any atom is -0.365 e. The first-order chi connectivity index (χ1) is 7.13. The maximum atomic E-state index is 12.3. The van der Waals surface area contributed by atoms with E-state index >= 15 is 0 Å². The lowest BCUT2D eigenvalue weighted by Crippen LogP contribution is -2.57. The lowest BCUT2D eigenvalue weighted by molar-refractivity contribution is -0.153. The van der Waals surface area contributed by atoms with Crippen LogP contribution in [0.15, 0.2) is 0 Å². The number of carbonyl (C=O) groups excluding carboxylic acids is 1. The van der Waals surface area contributed by atoms with Gasteiger partial charge in [-0.25, -0.2) is 0 Å². The molecule has 0 bridgehead atoms. The highest BCUT2D eigenvalue weighted by molar-refractivity contribution is 5.85. The molecule has 2 aliphatic heterocycles. The van der Waals surface area contributed by atoms with Gasteiger partial charge in [-0.3, -0.25) is 4.79 Å². The maximum Gasteiger partial charge on any atom is 0.254 e. The fourth-order valence-corrected chi connectivity index (χ4v) is 2.39. The molecule has 0 aliphatic carbocycles. The van der Waals surface area contributed by atoms with E-state index in [0.29, 0.717) is 0 Å². The number of amides is 1. The third-order valence-electron chi connectivity index (χ3n) is 3.43. The summed E-state index contributed by atoms with van der Waals surface area (Å²) in [4.78, 5) is 14.3. The third kappa shape index (κ3) is 2.01. The summed E-state index contributed by atoms with van der Waals surface area (Å²) in [5.41, 5.74) is -0.550. The third-order valence-corrected chi connectivity index (χ3v) is 3.43. The van der Waals surface area contributed by atoms with Crippen LogP contribution in [-0.4, -0.2) is 48.7 Å². The van der Waals surface area contributed by atoms with E-state index < -0.39 is 5.60 Å². The zero-order chi connectivity index (χ0) is 10.9. The molecule has 4 heteroatoms. The molecule has 15 heavy (non-hydrogen) atoms. The predicted octanol–water partition coefficient (Wildman–Crippen LogP) is 0.376. The fraction of sp³-hybridized carbons (Fsp3) is 0.909. The minimum atomic E-state index is -0.550. The standard InChI is InChI=1S/C11H20N2O2/c1-9-8-12-5-6-13(9)10(14)11(2)4-3-7-15-11/h9,12H,3-8H2,1-2H3/t9-,11?/m0/s1. The summed E-state index contributed by atoms with van der Waals surface area (Å²) >= 11 is 0. The second kappa shape index (κ2) is 4.10. The molecule has 0 aromatic heterocycles. The molecule has 1 N–H and O–H groups in total. The zero-order valence-corrected chi connectivity index (χ0v) is 9.58. The van der Waals surface area contributed by atoms with Gasteiger partial charge in [0.1, 0.15) is 5.60 Å². The first kappa shape index (κ1) is 10.9. The van der Waals surface area contributed by atoms with E-state index in [1.54, 1.807) is 0 Å². The molecule has 2 heterocycles. The number of ether oxygens (including phenoxy) is 1. The highest BCUT2D eigenvalue weighted by atomic mass is 16.5. The molecule has 0 aromatic carbocycles. The van der Waals surface area contributed by atoms with Crippen LogP contribution >= 0.6 is 0 Å². The van der Waals surface area contributed by atoms with Gasteiger partial charge in [0, 0.05) is 32.3 Å².